The van der Waals surface area contributed by atoms with Crippen molar-refractivity contribution in [3.8, 4) is 17.1 Å². The fraction of sp³-hybridized carbons (Fsp3) is 0.167. The molecule has 5 rings (SSSR count). The zero-order chi connectivity index (χ0) is 30.0. The maximum Gasteiger partial charge on any atom is 0.338 e. The molecule has 0 unspecified atom stereocenters. The summed E-state index contributed by atoms with van der Waals surface area (Å²) in [6, 6.07) is 12.9. The monoisotopic (exact) mass is 589 g/mol. The van der Waals surface area contributed by atoms with Crippen molar-refractivity contribution in [1.29, 1.82) is 0 Å². The largest absolute Gasteiger partial charge is 0.490 e. The Kier molecular flexibility index (Phi) is 7.98. The molecular weight excluding hydrogens is 565 g/mol. The number of esters is 1. The highest BCUT2D eigenvalue weighted by Crippen LogP contribution is 2.32. The van der Waals surface area contributed by atoms with Crippen LogP contribution in [-0.4, -0.2) is 28.7 Å². The number of halogens is 1. The van der Waals surface area contributed by atoms with E-state index in [9.17, 15) is 24.1 Å². The predicted octanol–water partition coefficient (Wildman–Crippen LogP) is 4.67. The number of allylic oxidation sites excluding steroid dienone is 1. The quantitative estimate of drug-likeness (QED) is 0.120. The smallest absolute Gasteiger partial charge is 0.338 e. The maximum atomic E-state index is 13.8. The number of carbonyl (C=O) groups excluding carboxylic acids is 1. The van der Waals surface area contributed by atoms with E-state index in [-0.39, 0.29) is 22.5 Å². The minimum atomic E-state index is -0.956. The highest BCUT2D eigenvalue weighted by atomic mass is 32.1. The fourth-order valence-electron chi connectivity index (χ4n) is 4.53. The number of rotatable bonds is 9. The number of fused-ring (bicyclic) bond motifs is 1. The van der Waals surface area contributed by atoms with Crippen LogP contribution in [0.15, 0.2) is 92.7 Å². The molecule has 1 aliphatic heterocycles. The third-order valence-electron chi connectivity index (χ3n) is 6.41. The van der Waals surface area contributed by atoms with Crippen LogP contribution >= 0.6 is 11.3 Å². The summed E-state index contributed by atoms with van der Waals surface area (Å²) in [5.74, 6) is -0.376. The van der Waals surface area contributed by atoms with Crippen LogP contribution in [-0.2, 0) is 9.53 Å². The molecule has 0 fully saturated rings. The number of carbonyl (C=O) groups is 1. The molecule has 0 amide bonds. The van der Waals surface area contributed by atoms with Crippen molar-refractivity contribution in [2.24, 2.45) is 4.99 Å². The van der Waals surface area contributed by atoms with Gasteiger partial charge in [0.25, 0.3) is 5.56 Å². The van der Waals surface area contributed by atoms with Gasteiger partial charge in [-0.2, -0.15) is 4.39 Å². The van der Waals surface area contributed by atoms with Gasteiger partial charge in [0.2, 0.25) is 5.82 Å². The van der Waals surface area contributed by atoms with Crippen LogP contribution in [0.2, 0.25) is 0 Å². The molecule has 3 heterocycles. The molecule has 4 aromatic rings. The summed E-state index contributed by atoms with van der Waals surface area (Å²) < 4.78 is 32.3. The molecule has 2 aromatic carbocycles. The van der Waals surface area contributed by atoms with Crippen LogP contribution in [0.4, 0.5) is 10.1 Å². The molecule has 214 valence electrons. The number of hydrogen-bond acceptors (Lipinski definition) is 9. The summed E-state index contributed by atoms with van der Waals surface area (Å²) in [6.07, 6.45) is 3.15. The number of nitro groups is 1. The summed E-state index contributed by atoms with van der Waals surface area (Å²) in [5.41, 5.74) is 0.556. The molecule has 0 bridgehead atoms. The molecule has 1 aliphatic rings. The first-order valence-electron chi connectivity index (χ1n) is 12.8. The van der Waals surface area contributed by atoms with E-state index in [1.54, 1.807) is 56.3 Å². The molecule has 42 heavy (non-hydrogen) atoms. The van der Waals surface area contributed by atoms with Crippen LogP contribution in [0.5, 0.6) is 5.75 Å². The van der Waals surface area contributed by atoms with Gasteiger partial charge in [0.15, 0.2) is 4.80 Å². The van der Waals surface area contributed by atoms with Crippen LogP contribution < -0.4 is 19.6 Å². The molecule has 10 nitrogen and oxygen atoms in total. The third-order valence-corrected chi connectivity index (χ3v) is 7.39. The number of furan rings is 1. The number of benzene rings is 2. The number of nitrogens with zero attached hydrogens (tertiary/aromatic N) is 3. The zero-order valence-electron chi connectivity index (χ0n) is 22.5. The van der Waals surface area contributed by atoms with Crippen LogP contribution in [0.3, 0.4) is 0 Å². The second-order valence-corrected chi connectivity index (χ2v) is 10.1. The van der Waals surface area contributed by atoms with E-state index in [2.05, 4.69) is 11.6 Å². The molecule has 0 aliphatic carbocycles. The molecular formula is C30H24FN3O7S. The Labute approximate surface area is 242 Å². The molecule has 0 N–H and O–H groups in total. The van der Waals surface area contributed by atoms with Crippen molar-refractivity contribution in [2.75, 3.05) is 13.2 Å². The Morgan fingerprint density at radius 2 is 2.00 bits per heavy atom. The summed E-state index contributed by atoms with van der Waals surface area (Å²) in [4.78, 5) is 42.1. The van der Waals surface area contributed by atoms with Crippen molar-refractivity contribution < 1.29 is 28.0 Å². The van der Waals surface area contributed by atoms with E-state index in [4.69, 9.17) is 13.9 Å². The van der Waals surface area contributed by atoms with Gasteiger partial charge in [-0.1, -0.05) is 36.1 Å². The zero-order valence-corrected chi connectivity index (χ0v) is 23.4. The van der Waals surface area contributed by atoms with Crippen molar-refractivity contribution >= 4 is 29.1 Å². The summed E-state index contributed by atoms with van der Waals surface area (Å²) in [7, 11) is 0. The molecule has 1 atom stereocenters. The predicted molar refractivity (Wildman–Crippen MR) is 153 cm³/mol. The van der Waals surface area contributed by atoms with Crippen molar-refractivity contribution in [3.63, 3.8) is 0 Å². The van der Waals surface area contributed by atoms with Gasteiger partial charge in [0.1, 0.15) is 23.9 Å². The lowest BCUT2D eigenvalue weighted by molar-refractivity contribution is -0.387. The van der Waals surface area contributed by atoms with Gasteiger partial charge in [-0.05, 0) is 55.8 Å². The lowest BCUT2D eigenvalue weighted by Gasteiger charge is -2.24. The standard InChI is InChI=1S/C30H24FN3O7S/c1-4-14-40-20-9-6-18(7-10-20)27-26(29(36)39-5-2)17(3)32-30-33(27)28(35)25(42-30)16-21-11-13-24(41-21)19-8-12-22(31)23(15-19)34(37)38/h4,6-13,15-16,27H,1,5,14H2,2-3H3/b25-16-/t27-/m0/s1. The Morgan fingerprint density at radius 3 is 2.69 bits per heavy atom. The summed E-state index contributed by atoms with van der Waals surface area (Å²) >= 11 is 1.12. The van der Waals surface area contributed by atoms with Gasteiger partial charge >= 0.3 is 11.7 Å². The normalized spacial score (nSPS) is 14.7. The van der Waals surface area contributed by atoms with Crippen LogP contribution in [0, 0.1) is 15.9 Å². The molecule has 12 heteroatoms. The van der Waals surface area contributed by atoms with Crippen molar-refractivity contribution in [2.45, 2.75) is 19.9 Å². The van der Waals surface area contributed by atoms with Crippen molar-refractivity contribution in [3.05, 3.63) is 125 Å². The molecule has 0 saturated heterocycles. The molecule has 0 radical (unpaired) electrons. The van der Waals surface area contributed by atoms with E-state index in [0.717, 1.165) is 23.5 Å². The van der Waals surface area contributed by atoms with Gasteiger partial charge in [-0.3, -0.25) is 19.5 Å². The Balaban J connectivity index is 1.59. The van der Waals surface area contributed by atoms with E-state index in [1.807, 2.05) is 0 Å². The lowest BCUT2D eigenvalue weighted by atomic mass is 9.96. The summed E-state index contributed by atoms with van der Waals surface area (Å²) in [5, 5.41) is 11.1. The number of thiazole rings is 1. The molecule has 0 saturated carbocycles. The van der Waals surface area contributed by atoms with Crippen LogP contribution in [0.25, 0.3) is 17.4 Å². The number of nitro benzene ring substituents is 1. The summed E-state index contributed by atoms with van der Waals surface area (Å²) in [6.45, 7) is 7.51. The number of aromatic nitrogens is 1. The maximum absolute atomic E-state index is 13.8. The Hall–Kier alpha value is -5.10. The topological polar surface area (TPSA) is 126 Å². The van der Waals surface area contributed by atoms with Gasteiger partial charge in [-0.25, -0.2) is 9.79 Å². The van der Waals surface area contributed by atoms with E-state index >= 15 is 0 Å². The van der Waals surface area contributed by atoms with E-state index in [0.29, 0.717) is 39.7 Å². The molecule has 2 aromatic heterocycles. The minimum absolute atomic E-state index is 0.152. The molecule has 0 spiro atoms. The average Bonchev–Trinajstić information content (AvgIpc) is 3.55. The first-order valence-corrected chi connectivity index (χ1v) is 13.6. The Bertz CT molecular complexity index is 1920. The first-order chi connectivity index (χ1) is 20.2. The van der Waals surface area contributed by atoms with Gasteiger partial charge < -0.3 is 13.9 Å². The SMILES string of the molecule is C=CCOc1ccc([C@H]2C(C(=O)OCC)=C(C)N=c3s/c(=C\c4ccc(-c5ccc(F)c([N+](=O)[O-])c5)o4)c(=O)n32)cc1. The highest BCUT2D eigenvalue weighted by Gasteiger charge is 2.33. The van der Waals surface area contributed by atoms with Crippen molar-refractivity contribution in [1.82, 2.24) is 4.57 Å². The fourth-order valence-corrected chi connectivity index (χ4v) is 5.56. The average molecular weight is 590 g/mol. The van der Waals surface area contributed by atoms with E-state index in [1.165, 1.54) is 16.7 Å². The van der Waals surface area contributed by atoms with Crippen LogP contribution in [0.1, 0.15) is 31.2 Å². The van der Waals surface area contributed by atoms with Gasteiger partial charge in [0.05, 0.1) is 33.4 Å². The van der Waals surface area contributed by atoms with Gasteiger partial charge in [0, 0.05) is 17.7 Å². The van der Waals surface area contributed by atoms with Gasteiger partial charge in [-0.15, -0.1) is 0 Å². The third kappa shape index (κ3) is 5.44. The number of hydrogen-bond donors (Lipinski definition) is 0. The van der Waals surface area contributed by atoms with E-state index < -0.39 is 34.0 Å². The first kappa shape index (κ1) is 28.4. The second kappa shape index (κ2) is 11.8. The minimum Gasteiger partial charge on any atom is -0.490 e. The number of ether oxygens (including phenoxy) is 2. The highest BCUT2D eigenvalue weighted by molar-refractivity contribution is 7.07. The lowest BCUT2D eigenvalue weighted by Crippen LogP contribution is -2.39. The Morgan fingerprint density at radius 1 is 1.24 bits per heavy atom. The second-order valence-electron chi connectivity index (χ2n) is 9.10.